The minimum atomic E-state index is -0.126. The van der Waals surface area contributed by atoms with Crippen LogP contribution in [0.3, 0.4) is 0 Å². The van der Waals surface area contributed by atoms with Crippen molar-refractivity contribution in [3.63, 3.8) is 0 Å². The lowest BCUT2D eigenvalue weighted by atomic mass is 9.85. The van der Waals surface area contributed by atoms with Crippen LogP contribution in [0.4, 0.5) is 0 Å². The van der Waals surface area contributed by atoms with Crippen LogP contribution in [0, 0.1) is 0 Å². The lowest BCUT2D eigenvalue weighted by molar-refractivity contribution is 0.104. The summed E-state index contributed by atoms with van der Waals surface area (Å²) in [6.07, 6.45) is 4.38. The molecule has 162 valence electrons. The van der Waals surface area contributed by atoms with E-state index >= 15 is 0 Å². The van der Waals surface area contributed by atoms with Gasteiger partial charge in [-0.15, -0.1) is 0 Å². The van der Waals surface area contributed by atoms with Crippen LogP contribution < -0.4 is 14.2 Å². The van der Waals surface area contributed by atoms with Crippen LogP contribution in [0.1, 0.15) is 69.4 Å². The fourth-order valence-corrected chi connectivity index (χ4v) is 3.04. The van der Waals surface area contributed by atoms with Crippen LogP contribution in [-0.4, -0.2) is 25.6 Å². The Labute approximate surface area is 180 Å². The lowest BCUT2D eigenvalue weighted by Gasteiger charge is -2.25. The van der Waals surface area contributed by atoms with Gasteiger partial charge in [-0.1, -0.05) is 33.8 Å². The lowest BCUT2D eigenvalue weighted by Crippen LogP contribution is -2.15. The van der Waals surface area contributed by atoms with Gasteiger partial charge < -0.3 is 14.2 Å². The molecule has 4 heteroatoms. The van der Waals surface area contributed by atoms with Gasteiger partial charge in [0.2, 0.25) is 0 Å². The second kappa shape index (κ2) is 10.9. The summed E-state index contributed by atoms with van der Waals surface area (Å²) >= 11 is 0. The number of hydrogen-bond acceptors (Lipinski definition) is 4. The third-order valence-corrected chi connectivity index (χ3v) is 4.51. The van der Waals surface area contributed by atoms with E-state index < -0.39 is 0 Å². The molecule has 0 atom stereocenters. The van der Waals surface area contributed by atoms with Gasteiger partial charge in [0.05, 0.1) is 19.8 Å². The van der Waals surface area contributed by atoms with E-state index in [1.54, 1.807) is 18.2 Å². The zero-order valence-electron chi connectivity index (χ0n) is 19.1. The normalized spacial score (nSPS) is 11.5. The Balaban J connectivity index is 2.30. The second-order valence-corrected chi connectivity index (χ2v) is 8.08. The number of carbonyl (C=O) groups is 1. The molecule has 0 spiro atoms. The van der Waals surface area contributed by atoms with Gasteiger partial charge in [-0.05, 0) is 73.7 Å². The van der Waals surface area contributed by atoms with Gasteiger partial charge in [-0.3, -0.25) is 4.79 Å². The smallest absolute Gasteiger partial charge is 0.185 e. The van der Waals surface area contributed by atoms with Crippen LogP contribution >= 0.6 is 0 Å². The van der Waals surface area contributed by atoms with Gasteiger partial charge >= 0.3 is 0 Å². The quantitative estimate of drug-likeness (QED) is 0.333. The van der Waals surface area contributed by atoms with Crippen molar-refractivity contribution in [2.45, 2.75) is 53.4 Å². The predicted octanol–water partition coefficient (Wildman–Crippen LogP) is 6.47. The van der Waals surface area contributed by atoms with Gasteiger partial charge in [0, 0.05) is 11.1 Å². The highest BCUT2D eigenvalue weighted by Crippen LogP contribution is 2.40. The predicted molar refractivity (Wildman–Crippen MR) is 123 cm³/mol. The third kappa shape index (κ3) is 6.38. The van der Waals surface area contributed by atoms with E-state index in [0.717, 1.165) is 29.0 Å². The van der Waals surface area contributed by atoms with E-state index in [4.69, 9.17) is 14.2 Å². The average Bonchev–Trinajstić information content (AvgIpc) is 2.71. The summed E-state index contributed by atoms with van der Waals surface area (Å²) in [7, 11) is 0. The van der Waals surface area contributed by atoms with E-state index in [1.165, 1.54) is 0 Å². The first-order valence-electron chi connectivity index (χ1n) is 10.7. The van der Waals surface area contributed by atoms with Crippen molar-refractivity contribution < 1.29 is 19.0 Å². The number of benzene rings is 2. The van der Waals surface area contributed by atoms with Gasteiger partial charge in [0.1, 0.15) is 5.75 Å². The number of rotatable bonds is 10. The fourth-order valence-electron chi connectivity index (χ4n) is 3.04. The Morgan fingerprint density at radius 2 is 1.60 bits per heavy atom. The Morgan fingerprint density at radius 1 is 0.933 bits per heavy atom. The second-order valence-electron chi connectivity index (χ2n) is 8.08. The molecular formula is C26H34O4. The number of ether oxygens (including phenoxy) is 3. The molecule has 2 aromatic carbocycles. The van der Waals surface area contributed by atoms with Crippen LogP contribution in [0.25, 0.3) is 6.08 Å². The Morgan fingerprint density at radius 3 is 2.17 bits per heavy atom. The standard InChI is InChI=1S/C26H34O4/c1-7-16-30-21-13-11-20(12-14-21)23(27)15-10-19-17-22(26(4,5)6)25(29-9-3)24(18-19)28-8-2/h10-15,17-18H,7-9,16H2,1-6H3/b15-10+. The van der Waals surface area contributed by atoms with Crippen molar-refractivity contribution in [2.24, 2.45) is 0 Å². The zero-order chi connectivity index (χ0) is 22.1. The third-order valence-electron chi connectivity index (χ3n) is 4.51. The molecule has 4 nitrogen and oxygen atoms in total. The maximum atomic E-state index is 12.6. The largest absolute Gasteiger partial charge is 0.494 e. The van der Waals surface area contributed by atoms with E-state index in [1.807, 2.05) is 38.1 Å². The monoisotopic (exact) mass is 410 g/mol. The van der Waals surface area contributed by atoms with Gasteiger partial charge in [-0.2, -0.15) is 0 Å². The fraction of sp³-hybridized carbons (Fsp3) is 0.423. The highest BCUT2D eigenvalue weighted by molar-refractivity contribution is 6.06. The Kier molecular flexibility index (Phi) is 8.52. The van der Waals surface area contributed by atoms with E-state index in [-0.39, 0.29) is 11.2 Å². The summed E-state index contributed by atoms with van der Waals surface area (Å²) in [6, 6.07) is 11.2. The average molecular weight is 411 g/mol. The molecular weight excluding hydrogens is 376 g/mol. The van der Waals surface area contributed by atoms with Crippen molar-refractivity contribution in [3.8, 4) is 17.2 Å². The highest BCUT2D eigenvalue weighted by Gasteiger charge is 2.23. The van der Waals surface area contributed by atoms with E-state index in [9.17, 15) is 4.79 Å². The summed E-state index contributed by atoms with van der Waals surface area (Å²) < 4.78 is 17.3. The minimum absolute atomic E-state index is 0.0544. The SMILES string of the molecule is CCCOc1ccc(C(=O)/C=C/c2cc(OCC)c(OCC)c(C(C)(C)C)c2)cc1. The summed E-state index contributed by atoms with van der Waals surface area (Å²) in [5.41, 5.74) is 2.46. The van der Waals surface area contributed by atoms with Crippen molar-refractivity contribution in [3.05, 3.63) is 59.2 Å². The zero-order valence-corrected chi connectivity index (χ0v) is 19.1. The topological polar surface area (TPSA) is 44.8 Å². The van der Waals surface area contributed by atoms with Crippen LogP contribution in [0.2, 0.25) is 0 Å². The van der Waals surface area contributed by atoms with Gasteiger partial charge in [-0.25, -0.2) is 0 Å². The molecule has 0 heterocycles. The molecule has 0 aliphatic rings. The molecule has 0 N–H and O–H groups in total. The summed E-state index contributed by atoms with van der Waals surface area (Å²) in [6.45, 7) is 14.2. The molecule has 0 bridgehead atoms. The maximum absolute atomic E-state index is 12.6. The van der Waals surface area contributed by atoms with Crippen molar-refractivity contribution >= 4 is 11.9 Å². The molecule has 0 saturated heterocycles. The first-order chi connectivity index (χ1) is 14.3. The van der Waals surface area contributed by atoms with Crippen LogP contribution in [0.5, 0.6) is 17.2 Å². The molecule has 0 unspecified atom stereocenters. The van der Waals surface area contributed by atoms with Gasteiger partial charge in [0.25, 0.3) is 0 Å². The Hall–Kier alpha value is -2.75. The molecule has 0 amide bonds. The molecule has 0 aromatic heterocycles. The van der Waals surface area contributed by atoms with Crippen LogP contribution in [-0.2, 0) is 5.41 Å². The van der Waals surface area contributed by atoms with Gasteiger partial charge in [0.15, 0.2) is 17.3 Å². The summed E-state index contributed by atoms with van der Waals surface area (Å²) in [5.74, 6) is 2.20. The number of ketones is 1. The first kappa shape index (κ1) is 23.5. The summed E-state index contributed by atoms with van der Waals surface area (Å²) in [5, 5.41) is 0. The molecule has 2 rings (SSSR count). The highest BCUT2D eigenvalue weighted by atomic mass is 16.5. The molecule has 0 saturated carbocycles. The van der Waals surface area contributed by atoms with Crippen molar-refractivity contribution in [2.75, 3.05) is 19.8 Å². The Bertz CT molecular complexity index is 858. The molecule has 0 aliphatic heterocycles. The maximum Gasteiger partial charge on any atom is 0.185 e. The number of carbonyl (C=O) groups excluding carboxylic acids is 1. The van der Waals surface area contributed by atoms with Crippen LogP contribution in [0.15, 0.2) is 42.5 Å². The molecule has 2 aromatic rings. The molecule has 0 radical (unpaired) electrons. The molecule has 0 fully saturated rings. The minimum Gasteiger partial charge on any atom is -0.494 e. The molecule has 0 aliphatic carbocycles. The van der Waals surface area contributed by atoms with E-state index in [2.05, 4.69) is 33.8 Å². The summed E-state index contributed by atoms with van der Waals surface area (Å²) in [4.78, 5) is 12.6. The first-order valence-corrected chi connectivity index (χ1v) is 10.7. The van der Waals surface area contributed by atoms with Crippen molar-refractivity contribution in [1.82, 2.24) is 0 Å². The van der Waals surface area contributed by atoms with Crippen molar-refractivity contribution in [1.29, 1.82) is 0 Å². The van der Waals surface area contributed by atoms with E-state index in [0.29, 0.717) is 31.1 Å². The number of allylic oxidation sites excluding steroid dienone is 1. The number of hydrogen-bond donors (Lipinski definition) is 0. The molecule has 30 heavy (non-hydrogen) atoms.